The van der Waals surface area contributed by atoms with Gasteiger partial charge in [0.25, 0.3) is 0 Å². The fourth-order valence-electron chi connectivity index (χ4n) is 0.967. The van der Waals surface area contributed by atoms with Crippen LogP contribution in [0, 0.1) is 5.41 Å². The molecule has 0 unspecified atom stereocenters. The number of anilines is 1. The van der Waals surface area contributed by atoms with Gasteiger partial charge in [0.2, 0.25) is 5.91 Å². The van der Waals surface area contributed by atoms with Gasteiger partial charge in [-0.3, -0.25) is 4.79 Å². The maximum Gasteiger partial charge on any atom is 0.231 e. The van der Waals surface area contributed by atoms with E-state index in [1.165, 1.54) is 0 Å². The van der Waals surface area contributed by atoms with Gasteiger partial charge in [-0.05, 0) is 32.0 Å². The number of benzene rings is 1. The van der Waals surface area contributed by atoms with Crippen molar-refractivity contribution in [2.45, 2.75) is 13.8 Å². The smallest absolute Gasteiger partial charge is 0.231 e. The average Bonchev–Trinajstić information content (AvgIpc) is 2.23. The summed E-state index contributed by atoms with van der Waals surface area (Å²) in [6.07, 6.45) is 0. The van der Waals surface area contributed by atoms with E-state index in [9.17, 15) is 4.79 Å². The van der Waals surface area contributed by atoms with Crippen LogP contribution in [0.5, 0.6) is 0 Å². The van der Waals surface area contributed by atoms with Crippen molar-refractivity contribution in [3.05, 3.63) is 28.2 Å². The maximum absolute atomic E-state index is 11.8. The van der Waals surface area contributed by atoms with Crippen molar-refractivity contribution >= 4 is 47.2 Å². The number of hydrogen-bond donors (Lipinski definition) is 2. The Balaban J connectivity index is 0.00000256. The third-order valence-electron chi connectivity index (χ3n) is 2.30. The first kappa shape index (κ1) is 16.5. The van der Waals surface area contributed by atoms with E-state index in [0.717, 1.165) is 0 Å². The first-order chi connectivity index (χ1) is 7.36. The number of halogens is 3. The van der Waals surface area contributed by atoms with Gasteiger partial charge in [0, 0.05) is 12.2 Å². The SMILES string of the molecule is CC(C)(CN)C(=O)Nc1ccc(Cl)c(Cl)c1.Cl. The van der Waals surface area contributed by atoms with Crippen LogP contribution in [0.4, 0.5) is 5.69 Å². The third-order valence-corrected chi connectivity index (χ3v) is 3.04. The molecule has 0 aromatic heterocycles. The fourth-order valence-corrected chi connectivity index (χ4v) is 1.26. The lowest BCUT2D eigenvalue weighted by molar-refractivity contribution is -0.123. The van der Waals surface area contributed by atoms with Crippen molar-refractivity contribution in [2.75, 3.05) is 11.9 Å². The summed E-state index contributed by atoms with van der Waals surface area (Å²) in [4.78, 5) is 11.8. The van der Waals surface area contributed by atoms with Gasteiger partial charge in [-0.25, -0.2) is 0 Å². The quantitative estimate of drug-likeness (QED) is 0.899. The van der Waals surface area contributed by atoms with Crippen molar-refractivity contribution in [3.8, 4) is 0 Å². The van der Waals surface area contributed by atoms with E-state index < -0.39 is 5.41 Å². The number of nitrogens with one attached hydrogen (secondary N) is 1. The van der Waals surface area contributed by atoms with Gasteiger partial charge in [0.05, 0.1) is 15.5 Å². The molecule has 0 spiro atoms. The lowest BCUT2D eigenvalue weighted by Gasteiger charge is -2.21. The van der Waals surface area contributed by atoms with Crippen LogP contribution in [0.25, 0.3) is 0 Å². The Morgan fingerprint density at radius 2 is 1.94 bits per heavy atom. The van der Waals surface area contributed by atoms with Crippen LogP contribution in [0.15, 0.2) is 18.2 Å². The molecule has 0 saturated heterocycles. The summed E-state index contributed by atoms with van der Waals surface area (Å²) < 4.78 is 0. The Labute approximate surface area is 117 Å². The van der Waals surface area contributed by atoms with Crippen molar-refractivity contribution in [1.82, 2.24) is 0 Å². The third kappa shape index (κ3) is 4.36. The highest BCUT2D eigenvalue weighted by Gasteiger charge is 2.25. The second-order valence-corrected chi connectivity index (χ2v) is 4.99. The van der Waals surface area contributed by atoms with E-state index in [0.29, 0.717) is 15.7 Å². The molecule has 3 nitrogen and oxygen atoms in total. The van der Waals surface area contributed by atoms with Crippen LogP contribution in [-0.2, 0) is 4.79 Å². The van der Waals surface area contributed by atoms with E-state index in [4.69, 9.17) is 28.9 Å². The summed E-state index contributed by atoms with van der Waals surface area (Å²) in [5.41, 5.74) is 5.51. The van der Waals surface area contributed by atoms with Gasteiger partial charge in [-0.2, -0.15) is 0 Å². The van der Waals surface area contributed by atoms with E-state index in [-0.39, 0.29) is 24.9 Å². The summed E-state index contributed by atoms with van der Waals surface area (Å²) in [5, 5.41) is 3.60. The molecular formula is C11H15Cl3N2O. The summed E-state index contributed by atoms with van der Waals surface area (Å²) in [6, 6.07) is 4.93. The van der Waals surface area contributed by atoms with Crippen LogP contribution in [0.3, 0.4) is 0 Å². The molecule has 1 aromatic carbocycles. The lowest BCUT2D eigenvalue weighted by Crippen LogP contribution is -2.37. The molecule has 0 aliphatic rings. The summed E-state index contributed by atoms with van der Waals surface area (Å²) in [6.45, 7) is 3.83. The van der Waals surface area contributed by atoms with Gasteiger partial charge in [0.15, 0.2) is 0 Å². The van der Waals surface area contributed by atoms with Gasteiger partial charge in [0.1, 0.15) is 0 Å². The molecule has 1 aromatic rings. The second-order valence-electron chi connectivity index (χ2n) is 4.17. The highest BCUT2D eigenvalue weighted by molar-refractivity contribution is 6.42. The van der Waals surface area contributed by atoms with Gasteiger partial charge in [-0.15, -0.1) is 12.4 Å². The van der Waals surface area contributed by atoms with E-state index >= 15 is 0 Å². The summed E-state index contributed by atoms with van der Waals surface area (Å²) in [5.74, 6) is -0.145. The minimum Gasteiger partial charge on any atom is -0.329 e. The number of nitrogens with two attached hydrogens (primary N) is 1. The molecule has 0 atom stereocenters. The molecule has 0 heterocycles. The number of carbonyl (C=O) groups excluding carboxylic acids is 1. The number of amides is 1. The summed E-state index contributed by atoms with van der Waals surface area (Å²) in [7, 11) is 0. The minimum atomic E-state index is -0.605. The van der Waals surface area contributed by atoms with Gasteiger partial charge < -0.3 is 11.1 Å². The molecule has 3 N–H and O–H groups in total. The summed E-state index contributed by atoms with van der Waals surface area (Å²) >= 11 is 11.6. The van der Waals surface area contributed by atoms with E-state index in [2.05, 4.69) is 5.32 Å². The van der Waals surface area contributed by atoms with Crippen LogP contribution < -0.4 is 11.1 Å². The molecule has 0 fully saturated rings. The van der Waals surface area contributed by atoms with Crippen LogP contribution in [0.2, 0.25) is 10.0 Å². The van der Waals surface area contributed by atoms with Crippen molar-refractivity contribution < 1.29 is 4.79 Å². The highest BCUT2D eigenvalue weighted by Crippen LogP contribution is 2.26. The Morgan fingerprint density at radius 3 is 2.41 bits per heavy atom. The number of hydrogen-bond acceptors (Lipinski definition) is 2. The highest BCUT2D eigenvalue weighted by atomic mass is 35.5. The van der Waals surface area contributed by atoms with Crippen molar-refractivity contribution in [2.24, 2.45) is 11.1 Å². The van der Waals surface area contributed by atoms with Crippen LogP contribution in [0.1, 0.15) is 13.8 Å². The molecule has 0 radical (unpaired) electrons. The Morgan fingerprint density at radius 1 is 1.35 bits per heavy atom. The first-order valence-corrected chi connectivity index (χ1v) is 5.59. The standard InChI is InChI=1S/C11H14Cl2N2O.ClH/c1-11(2,6-14)10(16)15-7-3-4-8(12)9(13)5-7;/h3-5H,6,14H2,1-2H3,(H,15,16);1H. The Kier molecular flexibility index (Phi) is 6.27. The van der Waals surface area contributed by atoms with Crippen molar-refractivity contribution in [1.29, 1.82) is 0 Å². The lowest BCUT2D eigenvalue weighted by atomic mass is 9.92. The molecule has 17 heavy (non-hydrogen) atoms. The number of carbonyl (C=O) groups is 1. The fraction of sp³-hybridized carbons (Fsp3) is 0.364. The zero-order valence-electron chi connectivity index (χ0n) is 9.59. The number of rotatable bonds is 3. The van der Waals surface area contributed by atoms with Gasteiger partial charge in [-0.1, -0.05) is 23.2 Å². The second kappa shape index (κ2) is 6.45. The largest absolute Gasteiger partial charge is 0.329 e. The first-order valence-electron chi connectivity index (χ1n) is 4.83. The molecular weight excluding hydrogens is 282 g/mol. The monoisotopic (exact) mass is 296 g/mol. The minimum absolute atomic E-state index is 0. The molecule has 1 amide bonds. The topological polar surface area (TPSA) is 55.1 Å². The Hall–Kier alpha value is -0.480. The van der Waals surface area contributed by atoms with Gasteiger partial charge >= 0.3 is 0 Å². The average molecular weight is 298 g/mol. The molecule has 1 rings (SSSR count). The Bertz CT molecular complexity index is 408. The van der Waals surface area contributed by atoms with E-state index in [1.54, 1.807) is 32.0 Å². The zero-order chi connectivity index (χ0) is 12.3. The molecule has 0 bridgehead atoms. The zero-order valence-corrected chi connectivity index (χ0v) is 11.9. The molecule has 0 aliphatic carbocycles. The van der Waals surface area contributed by atoms with E-state index in [1.807, 2.05) is 0 Å². The molecule has 0 aliphatic heterocycles. The normalized spacial score (nSPS) is 10.6. The van der Waals surface area contributed by atoms with Crippen LogP contribution in [-0.4, -0.2) is 12.5 Å². The van der Waals surface area contributed by atoms with Crippen LogP contribution >= 0.6 is 35.6 Å². The predicted octanol–water partition coefficient (Wildman–Crippen LogP) is 3.34. The predicted molar refractivity (Wildman–Crippen MR) is 75.2 cm³/mol. The maximum atomic E-state index is 11.8. The molecule has 0 saturated carbocycles. The van der Waals surface area contributed by atoms with Crippen molar-refractivity contribution in [3.63, 3.8) is 0 Å². The molecule has 6 heteroatoms. The molecule has 96 valence electrons.